The van der Waals surface area contributed by atoms with Crippen LogP contribution in [0.25, 0.3) is 0 Å². The van der Waals surface area contributed by atoms with Crippen LogP contribution in [0.5, 0.6) is 5.75 Å². The maximum Gasteiger partial charge on any atom is 0.333 e. The first kappa shape index (κ1) is 28.7. The summed E-state index contributed by atoms with van der Waals surface area (Å²) < 4.78 is 24.3. The molecule has 38 heavy (non-hydrogen) atoms. The summed E-state index contributed by atoms with van der Waals surface area (Å²) in [5.74, 6) is -0.672. The number of rotatable bonds is 15. The number of halogens is 1. The van der Waals surface area contributed by atoms with Gasteiger partial charge in [-0.05, 0) is 60.7 Å². The van der Waals surface area contributed by atoms with E-state index >= 15 is 0 Å². The number of hydrogen-bond acceptors (Lipinski definition) is 4. The predicted molar refractivity (Wildman–Crippen MR) is 144 cm³/mol. The molecule has 7 nitrogen and oxygen atoms in total. The monoisotopic (exact) mass is 522 g/mol. The highest BCUT2D eigenvalue weighted by Crippen LogP contribution is 2.15. The molecule has 0 saturated heterocycles. The average molecular weight is 523 g/mol. The van der Waals surface area contributed by atoms with Gasteiger partial charge in [-0.2, -0.15) is 0 Å². The Morgan fingerprint density at radius 3 is 2.26 bits per heavy atom. The third-order valence-electron chi connectivity index (χ3n) is 6.00. The molecule has 0 bridgehead atoms. The molecule has 0 spiro atoms. The summed E-state index contributed by atoms with van der Waals surface area (Å²) in [6, 6.07) is 23.1. The molecule has 1 atom stereocenters. The maximum absolute atomic E-state index is 13.2. The van der Waals surface area contributed by atoms with Crippen LogP contribution < -0.4 is 10.1 Å². The van der Waals surface area contributed by atoms with Gasteiger partial charge in [0.05, 0.1) is 6.54 Å². The number of benzene rings is 3. The molecule has 0 saturated carbocycles. The number of urea groups is 1. The van der Waals surface area contributed by atoms with Crippen molar-refractivity contribution in [3.8, 4) is 5.75 Å². The first-order valence-electron chi connectivity index (χ1n) is 12.8. The van der Waals surface area contributed by atoms with E-state index < -0.39 is 12.1 Å². The van der Waals surface area contributed by atoms with Gasteiger partial charge in [0.25, 0.3) is 0 Å². The Balaban J connectivity index is 1.53. The summed E-state index contributed by atoms with van der Waals surface area (Å²) in [4.78, 5) is 26.0. The summed E-state index contributed by atoms with van der Waals surface area (Å²) >= 11 is 0. The molecule has 0 radical (unpaired) electrons. The van der Waals surface area contributed by atoms with E-state index in [1.165, 1.54) is 17.7 Å². The minimum atomic E-state index is -0.989. The molecule has 2 N–H and O–H groups in total. The quantitative estimate of drug-likeness (QED) is 0.291. The zero-order valence-corrected chi connectivity index (χ0v) is 21.6. The van der Waals surface area contributed by atoms with Crippen molar-refractivity contribution in [1.82, 2.24) is 10.2 Å². The zero-order chi connectivity index (χ0) is 27.2. The van der Waals surface area contributed by atoms with Crippen molar-refractivity contribution in [3.63, 3.8) is 0 Å². The lowest BCUT2D eigenvalue weighted by atomic mass is 10.1. The van der Waals surface area contributed by atoms with Crippen molar-refractivity contribution in [2.45, 2.75) is 38.8 Å². The van der Waals surface area contributed by atoms with Crippen molar-refractivity contribution in [3.05, 3.63) is 101 Å². The van der Waals surface area contributed by atoms with Crippen LogP contribution in [0.1, 0.15) is 30.0 Å². The molecule has 2 amide bonds. The lowest BCUT2D eigenvalue weighted by Crippen LogP contribution is -2.42. The molecule has 0 aliphatic rings. The van der Waals surface area contributed by atoms with Crippen molar-refractivity contribution in [1.29, 1.82) is 0 Å². The second-order valence-corrected chi connectivity index (χ2v) is 8.84. The Morgan fingerprint density at radius 1 is 0.921 bits per heavy atom. The molecular formula is C30H35FN2O5. The fraction of sp³-hybridized carbons (Fsp3) is 0.333. The van der Waals surface area contributed by atoms with Gasteiger partial charge in [0.15, 0.2) is 6.10 Å². The molecule has 0 heterocycles. The fourth-order valence-corrected chi connectivity index (χ4v) is 3.95. The summed E-state index contributed by atoms with van der Waals surface area (Å²) in [7, 11) is 0. The molecule has 0 fully saturated rings. The minimum absolute atomic E-state index is 0.211. The smallest absolute Gasteiger partial charge is 0.333 e. The van der Waals surface area contributed by atoms with Crippen LogP contribution >= 0.6 is 0 Å². The molecule has 3 aromatic carbocycles. The van der Waals surface area contributed by atoms with Crippen LogP contribution in [0.4, 0.5) is 9.18 Å². The minimum Gasteiger partial charge on any atom is -0.492 e. The highest BCUT2D eigenvalue weighted by molar-refractivity contribution is 5.74. The van der Waals surface area contributed by atoms with Gasteiger partial charge in [-0.1, -0.05) is 54.6 Å². The lowest BCUT2D eigenvalue weighted by molar-refractivity contribution is -0.149. The normalized spacial score (nSPS) is 11.5. The second kappa shape index (κ2) is 15.4. The Bertz CT molecular complexity index is 1120. The fourth-order valence-electron chi connectivity index (χ4n) is 3.95. The molecule has 3 rings (SSSR count). The molecule has 0 aliphatic heterocycles. The average Bonchev–Trinajstić information content (AvgIpc) is 2.93. The SMILES string of the molecule is CCOC(Cc1ccc(OCCN(CCCc2ccccc2)C(=O)NCc2ccc(F)cc2)cc1)C(=O)O. The highest BCUT2D eigenvalue weighted by atomic mass is 19.1. The number of carbonyl (C=O) groups is 2. The molecule has 1 unspecified atom stereocenters. The Kier molecular flexibility index (Phi) is 11.6. The number of aliphatic carboxylic acids is 1. The van der Waals surface area contributed by atoms with E-state index in [2.05, 4.69) is 17.4 Å². The van der Waals surface area contributed by atoms with Gasteiger partial charge in [0.1, 0.15) is 18.2 Å². The number of carboxylic acids is 1. The van der Waals surface area contributed by atoms with Gasteiger partial charge in [-0.25, -0.2) is 14.0 Å². The van der Waals surface area contributed by atoms with E-state index in [1.54, 1.807) is 36.1 Å². The Hall–Kier alpha value is -3.91. The van der Waals surface area contributed by atoms with E-state index in [-0.39, 0.29) is 18.3 Å². The van der Waals surface area contributed by atoms with Gasteiger partial charge < -0.3 is 24.8 Å². The second-order valence-electron chi connectivity index (χ2n) is 8.84. The van der Waals surface area contributed by atoms with Gasteiger partial charge in [-0.15, -0.1) is 0 Å². The number of carboxylic acid groups (broad SMARTS) is 1. The van der Waals surface area contributed by atoms with E-state index in [1.807, 2.05) is 30.3 Å². The number of amides is 2. The topological polar surface area (TPSA) is 88.1 Å². The van der Waals surface area contributed by atoms with Crippen LogP contribution in [-0.4, -0.2) is 54.4 Å². The number of carbonyl (C=O) groups excluding carboxylic acids is 1. The van der Waals surface area contributed by atoms with Crippen LogP contribution in [0.3, 0.4) is 0 Å². The third-order valence-corrected chi connectivity index (χ3v) is 6.00. The number of nitrogens with zero attached hydrogens (tertiary/aromatic N) is 1. The van der Waals surface area contributed by atoms with Crippen LogP contribution in [0.15, 0.2) is 78.9 Å². The first-order valence-corrected chi connectivity index (χ1v) is 12.8. The standard InChI is InChI=1S/C30H35FN2O5/c1-2-37-28(29(34)35)21-24-12-16-27(17-13-24)38-20-19-33(18-6-9-23-7-4-3-5-8-23)30(36)32-22-25-10-14-26(31)15-11-25/h3-5,7-8,10-17,28H,2,6,9,18-22H2,1H3,(H,32,36)(H,34,35). The molecule has 202 valence electrons. The Labute approximate surface area is 223 Å². The van der Waals surface area contributed by atoms with E-state index in [9.17, 15) is 19.1 Å². The van der Waals surface area contributed by atoms with Crippen LogP contribution in [0, 0.1) is 5.82 Å². The van der Waals surface area contributed by atoms with Crippen LogP contribution in [0.2, 0.25) is 0 Å². The predicted octanol–water partition coefficient (Wildman–Crippen LogP) is 5.08. The van der Waals surface area contributed by atoms with Crippen molar-refractivity contribution in [2.75, 3.05) is 26.3 Å². The van der Waals surface area contributed by atoms with Crippen molar-refractivity contribution in [2.24, 2.45) is 0 Å². The van der Waals surface area contributed by atoms with E-state index in [0.717, 1.165) is 24.0 Å². The van der Waals surface area contributed by atoms with Crippen molar-refractivity contribution >= 4 is 12.0 Å². The van der Waals surface area contributed by atoms with Gasteiger partial charge in [0, 0.05) is 26.1 Å². The van der Waals surface area contributed by atoms with Gasteiger partial charge in [0.2, 0.25) is 0 Å². The maximum atomic E-state index is 13.2. The molecule has 0 aliphatic carbocycles. The number of aryl methyl sites for hydroxylation is 1. The number of ether oxygens (including phenoxy) is 2. The summed E-state index contributed by atoms with van der Waals surface area (Å²) in [5.41, 5.74) is 2.86. The third kappa shape index (κ3) is 9.86. The largest absolute Gasteiger partial charge is 0.492 e. The summed E-state index contributed by atoms with van der Waals surface area (Å²) in [5, 5.41) is 12.2. The van der Waals surface area contributed by atoms with Gasteiger partial charge in [-0.3, -0.25) is 0 Å². The Morgan fingerprint density at radius 2 is 1.61 bits per heavy atom. The highest BCUT2D eigenvalue weighted by Gasteiger charge is 2.18. The lowest BCUT2D eigenvalue weighted by Gasteiger charge is -2.23. The van der Waals surface area contributed by atoms with Gasteiger partial charge >= 0.3 is 12.0 Å². The molecule has 0 aromatic heterocycles. The zero-order valence-electron chi connectivity index (χ0n) is 21.6. The van der Waals surface area contributed by atoms with Crippen LogP contribution in [-0.2, 0) is 28.9 Å². The van der Waals surface area contributed by atoms with E-state index in [0.29, 0.717) is 38.6 Å². The first-order chi connectivity index (χ1) is 18.4. The number of nitrogens with one attached hydrogen (secondary N) is 1. The summed E-state index contributed by atoms with van der Waals surface area (Å²) in [6.45, 7) is 3.64. The summed E-state index contributed by atoms with van der Waals surface area (Å²) in [6.07, 6.45) is 1.04. The van der Waals surface area contributed by atoms with E-state index in [4.69, 9.17) is 9.47 Å². The number of hydrogen-bond donors (Lipinski definition) is 2. The molecular weight excluding hydrogens is 487 g/mol. The molecule has 8 heteroatoms. The molecule has 3 aromatic rings. The van der Waals surface area contributed by atoms with Crippen molar-refractivity contribution < 1.29 is 28.6 Å².